The summed E-state index contributed by atoms with van der Waals surface area (Å²) >= 11 is 0. The van der Waals surface area contributed by atoms with Gasteiger partial charge in [0.1, 0.15) is 5.54 Å². The van der Waals surface area contributed by atoms with Crippen LogP contribution in [0.3, 0.4) is 0 Å². The highest BCUT2D eigenvalue weighted by Crippen LogP contribution is 2.30. The second kappa shape index (κ2) is 7.10. The lowest BCUT2D eigenvalue weighted by molar-refractivity contribution is -0.135. The summed E-state index contributed by atoms with van der Waals surface area (Å²) in [6.07, 6.45) is 2.98. The first-order valence-corrected chi connectivity index (χ1v) is 7.75. The van der Waals surface area contributed by atoms with Crippen LogP contribution in [0.5, 0.6) is 0 Å². The second-order valence-corrected chi connectivity index (χ2v) is 6.85. The van der Waals surface area contributed by atoms with Crippen molar-refractivity contribution in [1.29, 1.82) is 5.26 Å². The lowest BCUT2D eigenvalue weighted by Crippen LogP contribution is -2.58. The number of carbonyl (C=O) groups excluding carboxylic acids is 2. The van der Waals surface area contributed by atoms with Crippen molar-refractivity contribution in [2.75, 3.05) is 13.1 Å². The molecule has 6 nitrogen and oxygen atoms in total. The summed E-state index contributed by atoms with van der Waals surface area (Å²) in [6, 6.07) is 2.27. The molecule has 0 spiro atoms. The van der Waals surface area contributed by atoms with Gasteiger partial charge >= 0.3 is 0 Å². The highest BCUT2D eigenvalue weighted by molar-refractivity contribution is 5.88. The number of hydrogen-bond donors (Lipinski definition) is 2. The summed E-state index contributed by atoms with van der Waals surface area (Å²) in [6.45, 7) is 8.68. The van der Waals surface area contributed by atoms with Crippen LogP contribution in [0.4, 0.5) is 0 Å². The zero-order chi connectivity index (χ0) is 17.0. The molecule has 0 aromatic heterocycles. The molecule has 2 amide bonds. The van der Waals surface area contributed by atoms with E-state index in [1.54, 1.807) is 18.7 Å². The number of rotatable bonds is 6. The van der Waals surface area contributed by atoms with Gasteiger partial charge in [0.2, 0.25) is 11.8 Å². The molecule has 6 heteroatoms. The van der Waals surface area contributed by atoms with Crippen LogP contribution in [0, 0.1) is 23.2 Å². The lowest BCUT2D eigenvalue weighted by Gasteiger charge is -2.44. The fraction of sp³-hybridized carbons (Fsp3) is 0.750. The van der Waals surface area contributed by atoms with Crippen molar-refractivity contribution in [2.24, 2.45) is 11.1 Å². The average molecular weight is 307 g/mol. The number of nitrogens with zero attached hydrogens (tertiary/aromatic N) is 2. The number of amides is 2. The van der Waals surface area contributed by atoms with Crippen LogP contribution in [0.2, 0.25) is 0 Å². The molecule has 1 radical (unpaired) electrons. The van der Waals surface area contributed by atoms with Crippen LogP contribution >= 0.6 is 0 Å². The van der Waals surface area contributed by atoms with Gasteiger partial charge in [-0.3, -0.25) is 9.59 Å². The number of piperidine rings is 1. The largest absolute Gasteiger partial charge is 0.369 e. The molecule has 0 unspecified atom stereocenters. The quantitative estimate of drug-likeness (QED) is 0.764. The highest BCUT2D eigenvalue weighted by atomic mass is 16.2. The molecule has 0 aromatic rings. The Kier molecular flexibility index (Phi) is 5.95. The Hall–Kier alpha value is -1.61. The predicted molar refractivity (Wildman–Crippen MR) is 84.3 cm³/mol. The van der Waals surface area contributed by atoms with Crippen LogP contribution < -0.4 is 11.1 Å². The first-order chi connectivity index (χ1) is 10.2. The van der Waals surface area contributed by atoms with Gasteiger partial charge in [0.15, 0.2) is 0 Å². The van der Waals surface area contributed by atoms with Gasteiger partial charge in [-0.25, -0.2) is 0 Å². The molecule has 1 heterocycles. The number of hydrogen-bond acceptors (Lipinski definition) is 4. The molecule has 3 N–H and O–H groups in total. The smallest absolute Gasteiger partial charge is 0.228 e. The SMILES string of the molecule is CC(C)N(C(=O)[CH]CC(C)(C)C(N)=O)C1(C#N)CCNCC1. The molecule has 0 aliphatic carbocycles. The number of nitrogens with one attached hydrogen (secondary N) is 1. The van der Waals surface area contributed by atoms with E-state index in [-0.39, 0.29) is 18.4 Å². The van der Waals surface area contributed by atoms with Crippen molar-refractivity contribution >= 4 is 11.8 Å². The molecule has 1 rings (SSSR count). The summed E-state index contributed by atoms with van der Waals surface area (Å²) in [5.41, 5.74) is 3.80. The van der Waals surface area contributed by atoms with Crippen molar-refractivity contribution < 1.29 is 9.59 Å². The topological polar surface area (TPSA) is 99.2 Å². The normalized spacial score (nSPS) is 17.8. The maximum absolute atomic E-state index is 12.7. The monoisotopic (exact) mass is 307 g/mol. The maximum Gasteiger partial charge on any atom is 0.228 e. The maximum atomic E-state index is 12.7. The van der Waals surface area contributed by atoms with Crippen LogP contribution in [0.25, 0.3) is 0 Å². The summed E-state index contributed by atoms with van der Waals surface area (Å²) in [5, 5.41) is 12.9. The average Bonchev–Trinajstić information content (AvgIpc) is 2.45. The zero-order valence-corrected chi connectivity index (χ0v) is 14.0. The summed E-state index contributed by atoms with van der Waals surface area (Å²) in [5.74, 6) is -0.641. The molecule has 1 aliphatic rings. The van der Waals surface area contributed by atoms with E-state index in [1.165, 1.54) is 6.42 Å². The minimum absolute atomic E-state index is 0.0850. The Morgan fingerprint density at radius 1 is 1.41 bits per heavy atom. The van der Waals surface area contributed by atoms with Gasteiger partial charge < -0.3 is 16.0 Å². The van der Waals surface area contributed by atoms with Crippen molar-refractivity contribution in [2.45, 2.75) is 58.5 Å². The van der Waals surface area contributed by atoms with E-state index in [4.69, 9.17) is 5.73 Å². The van der Waals surface area contributed by atoms with Crippen LogP contribution in [-0.4, -0.2) is 41.4 Å². The highest BCUT2D eigenvalue weighted by Gasteiger charge is 2.42. The summed E-state index contributed by atoms with van der Waals surface area (Å²) in [7, 11) is 0. The van der Waals surface area contributed by atoms with Gasteiger partial charge in [-0.1, -0.05) is 13.8 Å². The third-order valence-corrected chi connectivity index (χ3v) is 4.31. The Bertz CT molecular complexity index is 459. The number of nitriles is 1. The van der Waals surface area contributed by atoms with E-state index in [0.29, 0.717) is 12.8 Å². The summed E-state index contributed by atoms with van der Waals surface area (Å²) < 4.78 is 0. The molecule has 22 heavy (non-hydrogen) atoms. The van der Waals surface area contributed by atoms with E-state index < -0.39 is 16.9 Å². The van der Waals surface area contributed by atoms with Crippen molar-refractivity contribution in [1.82, 2.24) is 10.2 Å². The number of nitrogens with two attached hydrogens (primary N) is 1. The minimum Gasteiger partial charge on any atom is -0.369 e. The first kappa shape index (κ1) is 18.4. The molecule has 0 aromatic carbocycles. The van der Waals surface area contributed by atoms with E-state index in [1.807, 2.05) is 13.8 Å². The number of primary amides is 1. The van der Waals surface area contributed by atoms with Crippen molar-refractivity contribution in [3.63, 3.8) is 0 Å². The molecular formula is C16H27N4O2. The fourth-order valence-corrected chi connectivity index (χ4v) is 2.75. The van der Waals surface area contributed by atoms with Gasteiger partial charge in [0.25, 0.3) is 0 Å². The van der Waals surface area contributed by atoms with E-state index >= 15 is 0 Å². The van der Waals surface area contributed by atoms with Crippen molar-refractivity contribution in [3.8, 4) is 6.07 Å². The van der Waals surface area contributed by atoms with E-state index in [9.17, 15) is 14.9 Å². The number of carbonyl (C=O) groups is 2. The molecule has 0 bridgehead atoms. The van der Waals surface area contributed by atoms with Crippen LogP contribution in [0.1, 0.15) is 47.0 Å². The Morgan fingerprint density at radius 3 is 2.36 bits per heavy atom. The van der Waals surface area contributed by atoms with Gasteiger partial charge in [-0.05, 0) is 46.2 Å². The van der Waals surface area contributed by atoms with Crippen LogP contribution in [0.15, 0.2) is 0 Å². The molecule has 0 atom stereocenters. The van der Waals surface area contributed by atoms with E-state index in [2.05, 4.69) is 11.4 Å². The third-order valence-electron chi connectivity index (χ3n) is 4.31. The standard InChI is InChI=1S/C16H27N4O2/c1-12(2)20(16(11-17)7-9-19-10-8-16)13(21)5-6-15(3,4)14(18)22/h5,12,19H,6-10H2,1-4H3,(H2,18,22). The van der Waals surface area contributed by atoms with Gasteiger partial charge in [0.05, 0.1) is 12.5 Å². The van der Waals surface area contributed by atoms with Crippen molar-refractivity contribution in [3.05, 3.63) is 6.42 Å². The molecule has 1 aliphatic heterocycles. The molecule has 0 saturated carbocycles. The zero-order valence-electron chi connectivity index (χ0n) is 14.0. The minimum atomic E-state index is -0.774. The Balaban J connectivity index is 2.89. The summed E-state index contributed by atoms with van der Waals surface area (Å²) in [4.78, 5) is 25.7. The molecular weight excluding hydrogens is 280 g/mol. The molecule has 1 saturated heterocycles. The van der Waals surface area contributed by atoms with Gasteiger partial charge in [0, 0.05) is 11.5 Å². The van der Waals surface area contributed by atoms with E-state index in [0.717, 1.165) is 13.1 Å². The van der Waals surface area contributed by atoms with Gasteiger partial charge in [-0.15, -0.1) is 0 Å². The predicted octanol–water partition coefficient (Wildman–Crippen LogP) is 0.975. The fourth-order valence-electron chi connectivity index (χ4n) is 2.75. The Labute approximate surface area is 133 Å². The Morgan fingerprint density at radius 2 is 1.95 bits per heavy atom. The molecule has 123 valence electrons. The van der Waals surface area contributed by atoms with Gasteiger partial charge in [-0.2, -0.15) is 5.26 Å². The molecule has 1 fully saturated rings. The lowest BCUT2D eigenvalue weighted by atomic mass is 9.84. The second-order valence-electron chi connectivity index (χ2n) is 6.85. The third kappa shape index (κ3) is 3.98. The first-order valence-electron chi connectivity index (χ1n) is 7.75. The van der Waals surface area contributed by atoms with Crippen LogP contribution in [-0.2, 0) is 9.59 Å².